The number of benzene rings is 2. The van der Waals surface area contributed by atoms with Gasteiger partial charge in [0.1, 0.15) is 23.6 Å². The van der Waals surface area contributed by atoms with Crippen molar-refractivity contribution in [2.45, 2.75) is 75.0 Å². The maximum atomic E-state index is 16.8. The molecule has 4 saturated heterocycles. The number of ether oxygens (including phenoxy) is 2. The number of esters is 1. The van der Waals surface area contributed by atoms with Crippen molar-refractivity contribution in [1.82, 2.24) is 25.2 Å². The maximum absolute atomic E-state index is 16.8. The lowest BCUT2D eigenvalue weighted by Crippen LogP contribution is -2.51. The van der Waals surface area contributed by atoms with Crippen molar-refractivity contribution < 1.29 is 18.7 Å². The Hall–Kier alpha value is -3.60. The number of aromatic nitrogens is 3. The van der Waals surface area contributed by atoms with Gasteiger partial charge in [0.25, 0.3) is 0 Å². The molecule has 4 aromatic rings. The first-order chi connectivity index (χ1) is 22.4. The SMILES string of the molecule is COC(=O)CC[C@H]1CC[C@@]2(COc3nc(N4CC5CCC(C4)N5)c4cnc(-c5cccc6cccc(Cl)c56)c(F)c4n3)CCCN12. The first-order valence-corrected chi connectivity index (χ1v) is 16.8. The summed E-state index contributed by atoms with van der Waals surface area (Å²) >= 11 is 6.63. The molecule has 4 fully saturated rings. The molecule has 4 aliphatic rings. The van der Waals surface area contributed by atoms with E-state index in [2.05, 4.69) is 20.1 Å². The van der Waals surface area contributed by atoms with Crippen LogP contribution in [0.2, 0.25) is 5.02 Å². The third-order valence-corrected chi connectivity index (χ3v) is 11.0. The van der Waals surface area contributed by atoms with Gasteiger partial charge in [-0.1, -0.05) is 41.9 Å². The maximum Gasteiger partial charge on any atom is 0.319 e. The zero-order valence-corrected chi connectivity index (χ0v) is 26.7. The van der Waals surface area contributed by atoms with Gasteiger partial charge in [0.15, 0.2) is 5.82 Å². The van der Waals surface area contributed by atoms with E-state index in [0.717, 1.165) is 75.4 Å². The molecule has 0 radical (unpaired) electrons. The van der Waals surface area contributed by atoms with Crippen LogP contribution in [0.15, 0.2) is 42.6 Å². The number of fused-ring (bicyclic) bond motifs is 5. The first kappa shape index (κ1) is 29.8. The van der Waals surface area contributed by atoms with Crippen LogP contribution < -0.4 is 15.0 Å². The molecule has 6 heterocycles. The van der Waals surface area contributed by atoms with Crippen molar-refractivity contribution in [3.63, 3.8) is 0 Å². The highest BCUT2D eigenvalue weighted by atomic mass is 35.5. The van der Waals surface area contributed by atoms with E-state index < -0.39 is 5.82 Å². The first-order valence-electron chi connectivity index (χ1n) is 16.4. The van der Waals surface area contributed by atoms with Crippen molar-refractivity contribution in [3.8, 4) is 17.3 Å². The van der Waals surface area contributed by atoms with Gasteiger partial charge in [-0.05, 0) is 62.9 Å². The van der Waals surface area contributed by atoms with Gasteiger partial charge in [-0.2, -0.15) is 9.97 Å². The van der Waals surface area contributed by atoms with E-state index in [0.29, 0.717) is 52.9 Å². The number of carbonyl (C=O) groups is 1. The fourth-order valence-corrected chi connectivity index (χ4v) is 8.76. The van der Waals surface area contributed by atoms with Gasteiger partial charge in [-0.25, -0.2) is 4.39 Å². The lowest BCUT2D eigenvalue weighted by Gasteiger charge is -2.35. The third kappa shape index (κ3) is 5.15. The molecule has 9 nitrogen and oxygen atoms in total. The number of anilines is 1. The number of nitrogens with one attached hydrogen (secondary N) is 1. The molecule has 0 aliphatic carbocycles. The van der Waals surface area contributed by atoms with Gasteiger partial charge in [0.2, 0.25) is 0 Å². The van der Waals surface area contributed by atoms with Crippen LogP contribution in [0.25, 0.3) is 32.9 Å². The number of nitrogens with zero attached hydrogens (tertiary/aromatic N) is 5. The summed E-state index contributed by atoms with van der Waals surface area (Å²) in [5.74, 6) is -0.0237. The van der Waals surface area contributed by atoms with Gasteiger partial charge in [0, 0.05) is 59.8 Å². The topological polar surface area (TPSA) is 92.7 Å². The summed E-state index contributed by atoms with van der Waals surface area (Å²) in [7, 11) is 1.44. The highest BCUT2D eigenvalue weighted by molar-refractivity contribution is 6.36. The molecule has 240 valence electrons. The van der Waals surface area contributed by atoms with Crippen molar-refractivity contribution >= 4 is 45.1 Å². The van der Waals surface area contributed by atoms with Gasteiger partial charge in [-0.15, -0.1) is 0 Å². The molecule has 2 bridgehead atoms. The number of piperazine rings is 1. The Labute approximate surface area is 272 Å². The summed E-state index contributed by atoms with van der Waals surface area (Å²) in [6.45, 7) is 2.95. The standard InChI is InChI=1S/C35H38ClFN6O3/c1-45-28(44)12-11-24-13-15-35(14-4-16-43(24)35)20-46-34-40-32-26(33(41-34)42-18-22-9-10-23(19-42)39-22)17-38-31(30(32)37)25-7-2-5-21-6-3-8-27(36)29(21)25/h2-3,5-8,17,22-24,39H,4,9-16,18-20H2,1H3/t22?,23?,24-,35+/m0/s1. The van der Waals surface area contributed by atoms with E-state index in [9.17, 15) is 4.79 Å². The average Bonchev–Trinajstić information content (AvgIpc) is 3.75. The smallest absolute Gasteiger partial charge is 0.319 e. The fraction of sp³-hybridized carbons (Fsp3) is 0.486. The number of rotatable bonds is 8. The second-order valence-corrected chi connectivity index (χ2v) is 13.7. The molecule has 2 aromatic carbocycles. The van der Waals surface area contributed by atoms with Crippen molar-refractivity contribution in [3.05, 3.63) is 53.4 Å². The van der Waals surface area contributed by atoms with E-state index in [1.54, 1.807) is 6.20 Å². The predicted molar refractivity (Wildman–Crippen MR) is 176 cm³/mol. The molecule has 4 atom stereocenters. The molecule has 0 spiro atoms. The summed E-state index contributed by atoms with van der Waals surface area (Å²) in [5.41, 5.74) is 0.875. The molecule has 0 amide bonds. The number of methoxy groups -OCH3 is 1. The molecule has 1 N–H and O–H groups in total. The van der Waals surface area contributed by atoms with Crippen LogP contribution in [0.4, 0.5) is 10.2 Å². The van der Waals surface area contributed by atoms with E-state index in [4.69, 9.17) is 31.0 Å². The number of pyridine rings is 1. The Kier molecular flexibility index (Phi) is 7.69. The normalized spacial score (nSPS) is 25.8. The Morgan fingerprint density at radius 1 is 1.11 bits per heavy atom. The van der Waals surface area contributed by atoms with Crippen LogP contribution in [0.5, 0.6) is 6.01 Å². The quantitative estimate of drug-likeness (QED) is 0.235. The monoisotopic (exact) mass is 644 g/mol. The van der Waals surface area contributed by atoms with E-state index in [1.165, 1.54) is 7.11 Å². The number of carbonyl (C=O) groups excluding carboxylic acids is 1. The Morgan fingerprint density at radius 3 is 2.72 bits per heavy atom. The van der Waals surface area contributed by atoms with Gasteiger partial charge in [-0.3, -0.25) is 14.7 Å². The molecule has 11 heteroatoms. The van der Waals surface area contributed by atoms with Crippen LogP contribution in [0, 0.1) is 5.82 Å². The summed E-state index contributed by atoms with van der Waals surface area (Å²) in [6, 6.07) is 12.6. The minimum Gasteiger partial charge on any atom is -0.469 e. The molecular formula is C35H38ClFN6O3. The molecule has 4 aliphatic heterocycles. The molecule has 0 saturated carbocycles. The van der Waals surface area contributed by atoms with E-state index in [1.807, 2.05) is 36.4 Å². The average molecular weight is 645 g/mol. The Balaban J connectivity index is 1.17. The zero-order chi connectivity index (χ0) is 31.4. The minimum absolute atomic E-state index is 0.144. The van der Waals surface area contributed by atoms with Gasteiger partial charge in [0.05, 0.1) is 18.0 Å². The largest absolute Gasteiger partial charge is 0.469 e. The summed E-state index contributed by atoms with van der Waals surface area (Å²) in [5, 5.41) is 6.46. The highest BCUT2D eigenvalue weighted by Crippen LogP contribution is 2.44. The van der Waals surface area contributed by atoms with E-state index in [-0.39, 0.29) is 28.7 Å². The van der Waals surface area contributed by atoms with Gasteiger partial charge >= 0.3 is 12.0 Å². The number of hydrogen-bond donors (Lipinski definition) is 1. The zero-order valence-electron chi connectivity index (χ0n) is 26.0. The third-order valence-electron chi connectivity index (χ3n) is 10.7. The molecule has 8 rings (SSSR count). The second kappa shape index (κ2) is 11.9. The lowest BCUT2D eigenvalue weighted by molar-refractivity contribution is -0.141. The van der Waals surface area contributed by atoms with Crippen LogP contribution in [-0.4, -0.2) is 82.8 Å². The molecular weight excluding hydrogens is 607 g/mol. The molecule has 2 aromatic heterocycles. The number of halogens is 2. The van der Waals surface area contributed by atoms with Crippen LogP contribution in [-0.2, 0) is 9.53 Å². The number of hydrogen-bond acceptors (Lipinski definition) is 9. The Bertz CT molecular complexity index is 1810. The summed E-state index contributed by atoms with van der Waals surface area (Å²) in [4.78, 5) is 31.0. The van der Waals surface area contributed by atoms with Crippen molar-refractivity contribution in [1.29, 1.82) is 0 Å². The predicted octanol–water partition coefficient (Wildman–Crippen LogP) is 5.91. The van der Waals surface area contributed by atoms with Gasteiger partial charge < -0.3 is 19.7 Å². The summed E-state index contributed by atoms with van der Waals surface area (Å²) in [6.07, 6.45) is 9.17. The van der Waals surface area contributed by atoms with Crippen molar-refractivity contribution in [2.24, 2.45) is 0 Å². The second-order valence-electron chi connectivity index (χ2n) is 13.3. The van der Waals surface area contributed by atoms with Crippen LogP contribution in [0.1, 0.15) is 51.4 Å². The van der Waals surface area contributed by atoms with Crippen LogP contribution in [0.3, 0.4) is 0 Å². The van der Waals surface area contributed by atoms with Crippen LogP contribution >= 0.6 is 11.6 Å². The highest BCUT2D eigenvalue weighted by Gasteiger charge is 2.49. The fourth-order valence-electron chi connectivity index (χ4n) is 8.48. The lowest BCUT2D eigenvalue weighted by atomic mass is 9.95. The summed E-state index contributed by atoms with van der Waals surface area (Å²) < 4.78 is 28.1. The van der Waals surface area contributed by atoms with Crippen molar-refractivity contribution in [2.75, 3.05) is 38.3 Å². The molecule has 2 unspecified atom stereocenters. The van der Waals surface area contributed by atoms with E-state index >= 15 is 4.39 Å². The molecule has 46 heavy (non-hydrogen) atoms. The minimum atomic E-state index is -0.513. The Morgan fingerprint density at radius 2 is 1.91 bits per heavy atom.